The van der Waals surface area contributed by atoms with Gasteiger partial charge in [0.1, 0.15) is 44.9 Å². The second kappa shape index (κ2) is 7.45. The molecule has 0 aliphatic heterocycles. The third-order valence-electron chi connectivity index (χ3n) is 5.58. The van der Waals surface area contributed by atoms with Gasteiger partial charge in [0.2, 0.25) is 0 Å². The lowest BCUT2D eigenvalue weighted by molar-refractivity contribution is 0.455. The van der Waals surface area contributed by atoms with E-state index < -0.39 is 0 Å². The molecule has 8 heteroatoms. The van der Waals surface area contributed by atoms with Crippen LogP contribution in [0.3, 0.4) is 0 Å². The van der Waals surface area contributed by atoms with E-state index in [1.165, 1.54) is 9.59 Å². The summed E-state index contributed by atoms with van der Waals surface area (Å²) in [7, 11) is 0. The number of aromatic hydroxyl groups is 2. The minimum atomic E-state index is 0.0607. The molecule has 0 saturated heterocycles. The van der Waals surface area contributed by atoms with Gasteiger partial charge in [0.15, 0.2) is 0 Å². The highest BCUT2D eigenvalue weighted by Crippen LogP contribution is 2.32. The van der Waals surface area contributed by atoms with Crippen molar-refractivity contribution in [2.24, 2.45) is 0 Å². The molecule has 4 aromatic carbocycles. The lowest BCUT2D eigenvalue weighted by atomic mass is 10.0. The van der Waals surface area contributed by atoms with E-state index in [2.05, 4.69) is 20.4 Å². The number of rotatable bonds is 4. The first kappa shape index (κ1) is 19.0. The number of phenols is 2. The SMILES string of the molecule is Oc1c(Cc2cccc(-n3nc4ccccc4n3)c2O)cccc1-n1nc2ccccc2n1. The van der Waals surface area contributed by atoms with Gasteiger partial charge in [0, 0.05) is 17.5 Å². The van der Waals surface area contributed by atoms with E-state index in [1.807, 2.05) is 72.8 Å². The van der Waals surface area contributed by atoms with Crippen LogP contribution in [0.5, 0.6) is 11.5 Å². The van der Waals surface area contributed by atoms with Crippen LogP contribution in [0.1, 0.15) is 11.1 Å². The Morgan fingerprint density at radius 3 is 1.21 bits per heavy atom. The lowest BCUT2D eigenvalue weighted by Gasteiger charge is -2.12. The second-order valence-corrected chi connectivity index (χ2v) is 7.70. The Morgan fingerprint density at radius 2 is 0.848 bits per heavy atom. The zero-order chi connectivity index (χ0) is 22.4. The minimum absolute atomic E-state index is 0.0607. The van der Waals surface area contributed by atoms with Gasteiger partial charge in [-0.05, 0) is 36.4 Å². The monoisotopic (exact) mass is 434 g/mol. The summed E-state index contributed by atoms with van der Waals surface area (Å²) >= 11 is 0. The van der Waals surface area contributed by atoms with Gasteiger partial charge in [-0.1, -0.05) is 48.5 Å². The van der Waals surface area contributed by atoms with Gasteiger partial charge >= 0.3 is 0 Å². The summed E-state index contributed by atoms with van der Waals surface area (Å²) in [6.07, 6.45) is 0.306. The van der Waals surface area contributed by atoms with Gasteiger partial charge < -0.3 is 10.2 Å². The third-order valence-corrected chi connectivity index (χ3v) is 5.58. The van der Waals surface area contributed by atoms with Gasteiger partial charge in [-0.3, -0.25) is 0 Å². The molecule has 0 radical (unpaired) electrons. The highest BCUT2D eigenvalue weighted by molar-refractivity contribution is 5.74. The van der Waals surface area contributed by atoms with Crippen LogP contribution >= 0.6 is 0 Å². The number of nitrogens with zero attached hydrogens (tertiary/aromatic N) is 6. The smallest absolute Gasteiger partial charge is 0.146 e. The standard InChI is InChI=1S/C25H18N6O2/c32-24-16(7-5-13-22(24)30-26-18-9-1-2-10-19(18)27-30)15-17-8-6-14-23(25(17)33)31-28-20-11-3-4-12-21(20)29-31/h1-14,32-33H,15H2. The Balaban J connectivity index is 1.38. The lowest BCUT2D eigenvalue weighted by Crippen LogP contribution is -2.03. The Kier molecular flexibility index (Phi) is 4.29. The number of phenolic OH excluding ortho intramolecular Hbond substituents is 2. The zero-order valence-corrected chi connectivity index (χ0v) is 17.4. The van der Waals surface area contributed by atoms with E-state index in [0.29, 0.717) is 28.9 Å². The molecule has 160 valence electrons. The topological polar surface area (TPSA) is 102 Å². The molecule has 0 saturated carbocycles. The quantitative estimate of drug-likeness (QED) is 0.432. The summed E-state index contributed by atoms with van der Waals surface area (Å²) in [6, 6.07) is 25.9. The maximum absolute atomic E-state index is 11.0. The largest absolute Gasteiger partial charge is 0.505 e. The average molecular weight is 434 g/mol. The highest BCUT2D eigenvalue weighted by Gasteiger charge is 2.16. The molecule has 6 aromatic rings. The van der Waals surface area contributed by atoms with Gasteiger partial charge in [0.05, 0.1) is 0 Å². The number of benzene rings is 4. The maximum atomic E-state index is 11.0. The summed E-state index contributed by atoms with van der Waals surface area (Å²) in [4.78, 5) is 2.86. The van der Waals surface area contributed by atoms with Crippen LogP contribution in [0.4, 0.5) is 0 Å². The first-order chi connectivity index (χ1) is 16.2. The Bertz CT molecular complexity index is 1450. The normalized spacial score (nSPS) is 11.4. The van der Waals surface area contributed by atoms with Crippen molar-refractivity contribution in [2.45, 2.75) is 6.42 Å². The van der Waals surface area contributed by atoms with Crippen molar-refractivity contribution < 1.29 is 10.2 Å². The molecule has 33 heavy (non-hydrogen) atoms. The molecular weight excluding hydrogens is 416 g/mol. The molecule has 2 N–H and O–H groups in total. The molecule has 8 nitrogen and oxygen atoms in total. The van der Waals surface area contributed by atoms with Crippen LogP contribution in [0.15, 0.2) is 84.9 Å². The first-order valence-electron chi connectivity index (χ1n) is 10.4. The van der Waals surface area contributed by atoms with Crippen LogP contribution in [-0.4, -0.2) is 40.2 Å². The van der Waals surface area contributed by atoms with Crippen molar-refractivity contribution in [1.82, 2.24) is 30.0 Å². The molecular formula is C25H18N6O2. The predicted octanol–water partition coefficient (Wildman–Crippen LogP) is 4.16. The van der Waals surface area contributed by atoms with Crippen LogP contribution < -0.4 is 0 Å². The number of fused-ring (bicyclic) bond motifs is 2. The molecule has 6 rings (SSSR count). The fraction of sp³-hybridized carbons (Fsp3) is 0.0400. The van der Waals surface area contributed by atoms with Gasteiger partial charge in [-0.25, -0.2) is 0 Å². The molecule has 2 heterocycles. The fourth-order valence-corrected chi connectivity index (χ4v) is 3.90. The van der Waals surface area contributed by atoms with E-state index in [4.69, 9.17) is 0 Å². The van der Waals surface area contributed by atoms with E-state index in [9.17, 15) is 10.2 Å². The van der Waals surface area contributed by atoms with Gasteiger partial charge in [-0.2, -0.15) is 0 Å². The summed E-state index contributed by atoms with van der Waals surface area (Å²) in [5.41, 5.74) is 5.19. The van der Waals surface area contributed by atoms with E-state index in [1.54, 1.807) is 12.1 Å². The van der Waals surface area contributed by atoms with Crippen molar-refractivity contribution in [1.29, 1.82) is 0 Å². The molecule has 0 fully saturated rings. The predicted molar refractivity (Wildman–Crippen MR) is 124 cm³/mol. The van der Waals surface area contributed by atoms with Crippen LogP contribution in [0, 0.1) is 0 Å². The molecule has 0 bridgehead atoms. The molecule has 2 aromatic heterocycles. The number of hydrogen-bond donors (Lipinski definition) is 2. The van der Waals surface area contributed by atoms with Gasteiger partial charge in [0.25, 0.3) is 0 Å². The van der Waals surface area contributed by atoms with Crippen LogP contribution in [0.2, 0.25) is 0 Å². The Hall–Kier alpha value is -4.72. The fourth-order valence-electron chi connectivity index (χ4n) is 3.90. The third kappa shape index (κ3) is 3.25. The maximum Gasteiger partial charge on any atom is 0.146 e. The Morgan fingerprint density at radius 1 is 0.485 bits per heavy atom. The molecule has 0 atom stereocenters. The summed E-state index contributed by atoms with van der Waals surface area (Å²) < 4.78 is 0. The number of hydrogen-bond acceptors (Lipinski definition) is 6. The number of aromatic nitrogens is 6. The molecule has 0 amide bonds. The van der Waals surface area contributed by atoms with Crippen LogP contribution in [-0.2, 0) is 6.42 Å². The minimum Gasteiger partial charge on any atom is -0.505 e. The van der Waals surface area contributed by atoms with Crippen molar-refractivity contribution in [3.8, 4) is 22.9 Å². The van der Waals surface area contributed by atoms with Crippen molar-refractivity contribution >= 4 is 22.1 Å². The molecule has 0 spiro atoms. The second-order valence-electron chi connectivity index (χ2n) is 7.70. The molecule has 0 aliphatic carbocycles. The summed E-state index contributed by atoms with van der Waals surface area (Å²) in [5.74, 6) is 0.121. The first-order valence-corrected chi connectivity index (χ1v) is 10.4. The van der Waals surface area contributed by atoms with Crippen molar-refractivity contribution in [2.75, 3.05) is 0 Å². The summed E-state index contributed by atoms with van der Waals surface area (Å²) in [6.45, 7) is 0. The Labute approximate surface area is 188 Å². The van der Waals surface area contributed by atoms with Crippen molar-refractivity contribution in [3.63, 3.8) is 0 Å². The molecule has 0 aliphatic rings. The zero-order valence-electron chi connectivity index (χ0n) is 17.4. The number of para-hydroxylation sites is 2. The van der Waals surface area contributed by atoms with Crippen LogP contribution in [0.25, 0.3) is 33.4 Å². The highest BCUT2D eigenvalue weighted by atomic mass is 16.3. The summed E-state index contributed by atoms with van der Waals surface area (Å²) in [5, 5.41) is 39.8. The van der Waals surface area contributed by atoms with Crippen molar-refractivity contribution in [3.05, 3.63) is 96.1 Å². The van der Waals surface area contributed by atoms with E-state index in [-0.39, 0.29) is 11.5 Å². The van der Waals surface area contributed by atoms with Gasteiger partial charge in [-0.15, -0.1) is 30.0 Å². The van der Waals surface area contributed by atoms with E-state index >= 15 is 0 Å². The average Bonchev–Trinajstić information content (AvgIpc) is 3.45. The molecule has 0 unspecified atom stereocenters. The van der Waals surface area contributed by atoms with E-state index in [0.717, 1.165) is 22.1 Å².